The van der Waals surface area contributed by atoms with E-state index in [0.29, 0.717) is 0 Å². The van der Waals surface area contributed by atoms with Crippen molar-refractivity contribution in [1.82, 2.24) is 0 Å². The second kappa shape index (κ2) is 7.85. The Balaban J connectivity index is 2.06. The summed E-state index contributed by atoms with van der Waals surface area (Å²) < 4.78 is 43.4. The van der Waals surface area contributed by atoms with Crippen LogP contribution in [-0.2, 0) is 15.7 Å². The third-order valence-electron chi connectivity index (χ3n) is 3.56. The number of hydrogen-bond donors (Lipinski definition) is 1. The number of para-hydroxylation sites is 1. The third-order valence-corrected chi connectivity index (χ3v) is 3.56. The van der Waals surface area contributed by atoms with Gasteiger partial charge in [0, 0.05) is 11.6 Å². The zero-order valence-corrected chi connectivity index (χ0v) is 13.9. The zero-order valence-electron chi connectivity index (χ0n) is 13.9. The molecular formula is C17H13F3N2O5. The highest BCUT2D eigenvalue weighted by Crippen LogP contribution is 2.34. The number of esters is 1. The van der Waals surface area contributed by atoms with Gasteiger partial charge < -0.3 is 10.1 Å². The third kappa shape index (κ3) is 4.81. The summed E-state index contributed by atoms with van der Waals surface area (Å²) in [6, 6.07) is 8.10. The molecule has 0 spiro atoms. The van der Waals surface area contributed by atoms with E-state index in [2.05, 4.69) is 0 Å². The molecule has 0 fully saturated rings. The molecule has 0 radical (unpaired) electrons. The van der Waals surface area contributed by atoms with Crippen LogP contribution in [0.15, 0.2) is 42.5 Å². The van der Waals surface area contributed by atoms with Gasteiger partial charge >= 0.3 is 12.1 Å². The summed E-state index contributed by atoms with van der Waals surface area (Å²) in [5.41, 5.74) is -1.88. The molecule has 0 bridgehead atoms. The van der Waals surface area contributed by atoms with E-state index in [-0.39, 0.29) is 16.8 Å². The molecule has 1 N–H and O–H groups in total. The first-order chi connectivity index (χ1) is 12.6. The van der Waals surface area contributed by atoms with Crippen molar-refractivity contribution < 1.29 is 32.4 Å². The number of nitro groups is 1. The van der Waals surface area contributed by atoms with Gasteiger partial charge in [-0.25, -0.2) is 4.79 Å². The van der Waals surface area contributed by atoms with Gasteiger partial charge in [0.2, 0.25) is 0 Å². The molecule has 0 saturated heterocycles. The number of alkyl halides is 3. The van der Waals surface area contributed by atoms with E-state index < -0.39 is 40.8 Å². The van der Waals surface area contributed by atoms with Crippen LogP contribution in [0.2, 0.25) is 0 Å². The maximum absolute atomic E-state index is 12.9. The summed E-state index contributed by atoms with van der Waals surface area (Å²) in [6.07, 6.45) is -4.67. The minimum absolute atomic E-state index is 0.0512. The number of halogens is 3. The molecule has 0 unspecified atom stereocenters. The lowest BCUT2D eigenvalue weighted by atomic mass is 10.1. The van der Waals surface area contributed by atoms with Gasteiger partial charge in [0.25, 0.3) is 11.6 Å². The number of carbonyl (C=O) groups is 2. The number of nitro benzene ring substituents is 1. The molecule has 2 rings (SSSR count). The first kappa shape index (κ1) is 19.9. The number of hydrogen-bond acceptors (Lipinski definition) is 5. The van der Waals surface area contributed by atoms with Crippen LogP contribution in [0.4, 0.5) is 24.5 Å². The van der Waals surface area contributed by atoms with Gasteiger partial charge in [-0.3, -0.25) is 14.9 Å². The topological polar surface area (TPSA) is 98.5 Å². The Labute approximate surface area is 150 Å². The summed E-state index contributed by atoms with van der Waals surface area (Å²) in [7, 11) is 0. The summed E-state index contributed by atoms with van der Waals surface area (Å²) in [5.74, 6) is -1.99. The minimum atomic E-state index is -4.67. The molecule has 2 aromatic rings. The number of carbonyl (C=O) groups excluding carboxylic acids is 2. The van der Waals surface area contributed by atoms with E-state index in [0.717, 1.165) is 12.1 Å². The van der Waals surface area contributed by atoms with Crippen molar-refractivity contribution in [1.29, 1.82) is 0 Å². The van der Waals surface area contributed by atoms with Gasteiger partial charge in [-0.15, -0.1) is 0 Å². The Morgan fingerprint density at radius 3 is 2.44 bits per heavy atom. The predicted octanol–water partition coefficient (Wildman–Crippen LogP) is 3.72. The van der Waals surface area contributed by atoms with Crippen LogP contribution in [0, 0.1) is 17.0 Å². The highest BCUT2D eigenvalue weighted by molar-refractivity contribution is 5.97. The minimum Gasteiger partial charge on any atom is -0.452 e. The average Bonchev–Trinajstić information content (AvgIpc) is 2.59. The molecule has 0 heterocycles. The number of ether oxygens (including phenoxy) is 1. The largest absolute Gasteiger partial charge is 0.452 e. The second-order valence-corrected chi connectivity index (χ2v) is 5.37. The summed E-state index contributed by atoms with van der Waals surface area (Å²) >= 11 is 0. The highest BCUT2D eigenvalue weighted by atomic mass is 19.4. The Bertz CT molecular complexity index is 896. The number of nitrogens with one attached hydrogen (secondary N) is 1. The molecule has 10 heteroatoms. The van der Waals surface area contributed by atoms with Crippen LogP contribution in [0.5, 0.6) is 0 Å². The van der Waals surface area contributed by atoms with E-state index in [1.807, 2.05) is 5.32 Å². The second-order valence-electron chi connectivity index (χ2n) is 5.37. The molecule has 7 nitrogen and oxygen atoms in total. The standard InChI is InChI=1S/C17H13F3N2O5/c1-10-11(5-4-8-14(10)22(25)26)16(24)27-9-15(23)21-13-7-3-2-6-12(13)17(18,19)20/h2-8H,9H2,1H3,(H,21,23). The first-order valence-electron chi connectivity index (χ1n) is 7.48. The summed E-state index contributed by atoms with van der Waals surface area (Å²) in [6.45, 7) is 0.488. The zero-order chi connectivity index (χ0) is 20.2. The van der Waals surface area contributed by atoms with Crippen molar-refractivity contribution in [2.75, 3.05) is 11.9 Å². The highest BCUT2D eigenvalue weighted by Gasteiger charge is 2.33. The smallest absolute Gasteiger partial charge is 0.418 e. The van der Waals surface area contributed by atoms with Gasteiger partial charge in [-0.05, 0) is 25.1 Å². The van der Waals surface area contributed by atoms with Crippen LogP contribution in [0.25, 0.3) is 0 Å². The van der Waals surface area contributed by atoms with Crippen molar-refractivity contribution in [3.05, 3.63) is 69.3 Å². The lowest BCUT2D eigenvalue weighted by Crippen LogP contribution is -2.23. The molecule has 0 atom stereocenters. The Morgan fingerprint density at radius 1 is 1.15 bits per heavy atom. The van der Waals surface area contributed by atoms with Crippen LogP contribution in [0.1, 0.15) is 21.5 Å². The molecule has 142 valence electrons. The van der Waals surface area contributed by atoms with E-state index in [1.54, 1.807) is 0 Å². The maximum atomic E-state index is 12.9. The molecule has 0 aliphatic rings. The monoisotopic (exact) mass is 382 g/mol. The molecule has 0 aliphatic heterocycles. The van der Waals surface area contributed by atoms with E-state index in [9.17, 15) is 32.9 Å². The van der Waals surface area contributed by atoms with Gasteiger partial charge in [-0.2, -0.15) is 13.2 Å². The van der Waals surface area contributed by atoms with Gasteiger partial charge in [-0.1, -0.05) is 18.2 Å². The summed E-state index contributed by atoms with van der Waals surface area (Å²) in [5, 5.41) is 12.9. The molecular weight excluding hydrogens is 369 g/mol. The summed E-state index contributed by atoms with van der Waals surface area (Å²) in [4.78, 5) is 34.0. The van der Waals surface area contributed by atoms with Crippen LogP contribution in [-0.4, -0.2) is 23.4 Å². The van der Waals surface area contributed by atoms with Crippen LogP contribution < -0.4 is 5.32 Å². The quantitative estimate of drug-likeness (QED) is 0.483. The number of nitrogens with zero attached hydrogens (tertiary/aromatic N) is 1. The number of anilines is 1. The van der Waals surface area contributed by atoms with Crippen LogP contribution in [0.3, 0.4) is 0 Å². The van der Waals surface area contributed by atoms with Gasteiger partial charge in [0.05, 0.1) is 21.7 Å². The Morgan fingerprint density at radius 2 is 1.81 bits per heavy atom. The molecule has 0 saturated carbocycles. The van der Waals surface area contributed by atoms with E-state index in [1.165, 1.54) is 37.3 Å². The Hall–Kier alpha value is -3.43. The van der Waals surface area contributed by atoms with Crippen molar-refractivity contribution >= 4 is 23.3 Å². The van der Waals surface area contributed by atoms with E-state index in [4.69, 9.17) is 4.74 Å². The van der Waals surface area contributed by atoms with Crippen molar-refractivity contribution in [2.45, 2.75) is 13.1 Å². The maximum Gasteiger partial charge on any atom is 0.418 e. The van der Waals surface area contributed by atoms with Gasteiger partial charge in [0.15, 0.2) is 6.61 Å². The van der Waals surface area contributed by atoms with Gasteiger partial charge in [0.1, 0.15) is 0 Å². The molecule has 0 aliphatic carbocycles. The molecule has 27 heavy (non-hydrogen) atoms. The molecule has 1 amide bonds. The SMILES string of the molecule is Cc1c(C(=O)OCC(=O)Nc2ccccc2C(F)(F)F)cccc1[N+](=O)[O-]. The molecule has 2 aromatic carbocycles. The van der Waals surface area contributed by atoms with E-state index >= 15 is 0 Å². The number of benzene rings is 2. The Kier molecular flexibility index (Phi) is 5.78. The van der Waals surface area contributed by atoms with Crippen LogP contribution >= 0.6 is 0 Å². The number of amides is 1. The van der Waals surface area contributed by atoms with Crippen molar-refractivity contribution in [3.63, 3.8) is 0 Å². The lowest BCUT2D eigenvalue weighted by Gasteiger charge is -2.13. The lowest BCUT2D eigenvalue weighted by molar-refractivity contribution is -0.385. The number of rotatable bonds is 5. The van der Waals surface area contributed by atoms with Crippen molar-refractivity contribution in [2.24, 2.45) is 0 Å². The molecule has 0 aromatic heterocycles. The first-order valence-corrected chi connectivity index (χ1v) is 7.48. The normalized spacial score (nSPS) is 11.0. The van der Waals surface area contributed by atoms with Crippen molar-refractivity contribution in [3.8, 4) is 0 Å². The fourth-order valence-electron chi connectivity index (χ4n) is 2.28. The fourth-order valence-corrected chi connectivity index (χ4v) is 2.28. The predicted molar refractivity (Wildman–Crippen MR) is 88.2 cm³/mol. The average molecular weight is 382 g/mol. The fraction of sp³-hybridized carbons (Fsp3) is 0.176.